The molecule has 3 nitrogen and oxygen atoms in total. The summed E-state index contributed by atoms with van der Waals surface area (Å²) in [5, 5.41) is 0.0819. The SMILES string of the molecule is [N-]=[N+]=C1C(Br)=C(Cl)C(=O)CC1Br. The molecule has 0 spiro atoms. The molecule has 0 aliphatic heterocycles. The van der Waals surface area contributed by atoms with Crippen molar-refractivity contribution in [3.8, 4) is 0 Å². The van der Waals surface area contributed by atoms with Crippen LogP contribution in [0.3, 0.4) is 0 Å². The molecule has 0 heterocycles. The lowest BCUT2D eigenvalue weighted by atomic mass is 10.0. The molecule has 0 N–H and O–H groups in total. The zero-order valence-corrected chi connectivity index (χ0v) is 9.65. The van der Waals surface area contributed by atoms with Gasteiger partial charge in [-0.1, -0.05) is 27.5 Å². The fourth-order valence-electron chi connectivity index (χ4n) is 0.828. The Kier molecular flexibility index (Phi) is 3.23. The van der Waals surface area contributed by atoms with E-state index in [2.05, 4.69) is 36.6 Å². The molecule has 0 radical (unpaired) electrons. The minimum atomic E-state index is -0.271. The molecule has 1 rings (SSSR count). The minimum Gasteiger partial charge on any atom is -0.361 e. The van der Waals surface area contributed by atoms with Gasteiger partial charge in [0.15, 0.2) is 5.78 Å². The zero-order valence-electron chi connectivity index (χ0n) is 5.72. The van der Waals surface area contributed by atoms with E-state index < -0.39 is 0 Å². The van der Waals surface area contributed by atoms with Crippen molar-refractivity contribution in [2.45, 2.75) is 11.2 Å². The van der Waals surface area contributed by atoms with Gasteiger partial charge >= 0.3 is 5.71 Å². The van der Waals surface area contributed by atoms with Crippen molar-refractivity contribution < 1.29 is 9.58 Å². The highest BCUT2D eigenvalue weighted by Gasteiger charge is 2.35. The van der Waals surface area contributed by atoms with E-state index in [9.17, 15) is 4.79 Å². The van der Waals surface area contributed by atoms with Crippen LogP contribution in [0.4, 0.5) is 0 Å². The first-order valence-corrected chi connectivity index (χ1v) is 5.11. The Balaban J connectivity index is 3.24. The number of halogens is 3. The fraction of sp³-hybridized carbons (Fsp3) is 0.333. The highest BCUT2D eigenvalue weighted by molar-refractivity contribution is 9.12. The molecule has 0 saturated carbocycles. The average molecular weight is 314 g/mol. The van der Waals surface area contributed by atoms with E-state index in [0.29, 0.717) is 10.2 Å². The van der Waals surface area contributed by atoms with Gasteiger partial charge in [0.1, 0.15) is 14.3 Å². The molecule has 6 heteroatoms. The Labute approximate surface area is 90.7 Å². The molecule has 0 bridgehead atoms. The first-order valence-electron chi connectivity index (χ1n) is 3.02. The summed E-state index contributed by atoms with van der Waals surface area (Å²) < 4.78 is 0.352. The van der Waals surface area contributed by atoms with Gasteiger partial charge in [0.05, 0.1) is 0 Å². The van der Waals surface area contributed by atoms with Gasteiger partial charge in [-0.2, -0.15) is 4.79 Å². The highest BCUT2D eigenvalue weighted by atomic mass is 79.9. The predicted molar refractivity (Wildman–Crippen MR) is 52.8 cm³/mol. The molecule has 0 amide bonds. The number of Topliss-reactive ketones (excluding diaryl/α,β-unsaturated/α-hetero) is 1. The molecule has 1 aliphatic carbocycles. The van der Waals surface area contributed by atoms with Crippen LogP contribution in [-0.2, 0) is 4.79 Å². The summed E-state index contributed by atoms with van der Waals surface area (Å²) in [7, 11) is 0. The maximum atomic E-state index is 11.1. The van der Waals surface area contributed by atoms with Crippen molar-refractivity contribution in [3.63, 3.8) is 0 Å². The van der Waals surface area contributed by atoms with Crippen LogP contribution < -0.4 is 0 Å². The molecule has 0 aromatic rings. The third-order valence-electron chi connectivity index (χ3n) is 1.43. The lowest BCUT2D eigenvalue weighted by Gasteiger charge is -2.10. The third kappa shape index (κ3) is 1.69. The van der Waals surface area contributed by atoms with Crippen LogP contribution in [0.2, 0.25) is 0 Å². The van der Waals surface area contributed by atoms with E-state index in [-0.39, 0.29) is 22.1 Å². The van der Waals surface area contributed by atoms with Crippen LogP contribution in [0.1, 0.15) is 6.42 Å². The average Bonchev–Trinajstić information content (AvgIpc) is 2.01. The van der Waals surface area contributed by atoms with Gasteiger partial charge in [-0.3, -0.25) is 4.79 Å². The highest BCUT2D eigenvalue weighted by Crippen LogP contribution is 2.29. The number of ketones is 1. The molecular weight excluding hydrogens is 311 g/mol. The molecular formula is C6H3Br2ClN2O. The van der Waals surface area contributed by atoms with Crippen molar-refractivity contribution >= 4 is 55.0 Å². The number of hydrogen-bond acceptors (Lipinski definition) is 1. The lowest BCUT2D eigenvalue weighted by molar-refractivity contribution is -0.115. The van der Waals surface area contributed by atoms with Crippen LogP contribution >= 0.6 is 43.5 Å². The molecule has 0 aromatic carbocycles. The topological polar surface area (TPSA) is 53.5 Å². The molecule has 12 heavy (non-hydrogen) atoms. The van der Waals surface area contributed by atoms with E-state index >= 15 is 0 Å². The van der Waals surface area contributed by atoms with E-state index in [1.807, 2.05) is 0 Å². The van der Waals surface area contributed by atoms with E-state index in [1.54, 1.807) is 0 Å². The maximum absolute atomic E-state index is 11.1. The van der Waals surface area contributed by atoms with Gasteiger partial charge in [0.2, 0.25) is 0 Å². The van der Waals surface area contributed by atoms with Crippen LogP contribution in [0.15, 0.2) is 9.51 Å². The van der Waals surface area contributed by atoms with Crippen LogP contribution in [0.25, 0.3) is 5.53 Å². The first kappa shape index (κ1) is 10.1. The monoisotopic (exact) mass is 312 g/mol. The van der Waals surface area contributed by atoms with Crippen molar-refractivity contribution in [1.29, 1.82) is 0 Å². The molecule has 0 saturated heterocycles. The third-order valence-corrected chi connectivity index (χ3v) is 3.62. The summed E-state index contributed by atoms with van der Waals surface area (Å²) in [6.45, 7) is 0. The maximum Gasteiger partial charge on any atom is 0.321 e. The number of hydrogen-bond donors (Lipinski definition) is 0. The summed E-state index contributed by atoms with van der Waals surface area (Å²) >= 11 is 11.9. The first-order chi connectivity index (χ1) is 5.57. The largest absolute Gasteiger partial charge is 0.361 e. The summed E-state index contributed by atoms with van der Waals surface area (Å²) in [4.78, 5) is 13.8. The van der Waals surface area contributed by atoms with Crippen molar-refractivity contribution in [2.75, 3.05) is 0 Å². The Hall–Kier alpha value is 0.0400. The van der Waals surface area contributed by atoms with Crippen molar-refractivity contribution in [3.05, 3.63) is 15.0 Å². The summed E-state index contributed by atoms with van der Waals surface area (Å²) in [6, 6.07) is 0. The molecule has 1 unspecified atom stereocenters. The number of rotatable bonds is 0. The van der Waals surface area contributed by atoms with Gasteiger partial charge in [0.25, 0.3) is 0 Å². The fourth-order valence-corrected chi connectivity index (χ4v) is 2.50. The standard InChI is InChI=1S/C6H3Br2ClN2O/c7-2-1-3(12)5(9)4(8)6(2)11-10/h2H,1H2. The van der Waals surface area contributed by atoms with Crippen LogP contribution in [0.5, 0.6) is 0 Å². The van der Waals surface area contributed by atoms with Gasteiger partial charge in [-0.25, -0.2) is 0 Å². The lowest BCUT2D eigenvalue weighted by Crippen LogP contribution is -2.26. The van der Waals surface area contributed by atoms with Crippen molar-refractivity contribution in [1.82, 2.24) is 0 Å². The zero-order chi connectivity index (χ0) is 9.30. The number of carbonyl (C=O) groups excluding carboxylic acids is 1. The van der Waals surface area contributed by atoms with Crippen LogP contribution in [-0.4, -0.2) is 21.1 Å². The Bertz CT molecular complexity index is 320. The van der Waals surface area contributed by atoms with Gasteiger partial charge in [-0.05, 0) is 15.9 Å². The number of carbonyl (C=O) groups is 1. The van der Waals surface area contributed by atoms with Gasteiger partial charge in [-0.15, -0.1) is 0 Å². The Morgan fingerprint density at radius 1 is 1.67 bits per heavy atom. The molecule has 64 valence electrons. The minimum absolute atomic E-state index is 0.0819. The second-order valence-corrected chi connectivity index (χ2v) is 4.48. The normalized spacial score (nSPS) is 24.4. The second kappa shape index (κ2) is 3.83. The number of nitrogens with zero attached hydrogens (tertiary/aromatic N) is 2. The van der Waals surface area contributed by atoms with Gasteiger partial charge < -0.3 is 5.53 Å². The van der Waals surface area contributed by atoms with Gasteiger partial charge in [0, 0.05) is 6.42 Å². The molecule has 1 atom stereocenters. The van der Waals surface area contributed by atoms with E-state index in [1.165, 1.54) is 0 Å². The summed E-state index contributed by atoms with van der Waals surface area (Å²) in [5.41, 5.74) is 8.91. The Morgan fingerprint density at radius 2 is 2.25 bits per heavy atom. The van der Waals surface area contributed by atoms with Crippen LogP contribution in [0, 0.1) is 0 Å². The molecule has 0 aromatic heterocycles. The van der Waals surface area contributed by atoms with E-state index in [4.69, 9.17) is 17.1 Å². The predicted octanol–water partition coefficient (Wildman–Crippen LogP) is 2.24. The quantitative estimate of drug-likeness (QED) is 0.384. The smallest absolute Gasteiger partial charge is 0.321 e. The molecule has 0 fully saturated rings. The Morgan fingerprint density at radius 3 is 2.75 bits per heavy atom. The number of alkyl halides is 1. The molecule has 1 aliphatic rings. The summed E-state index contributed by atoms with van der Waals surface area (Å²) in [5.74, 6) is -0.169. The van der Waals surface area contributed by atoms with Crippen molar-refractivity contribution in [2.24, 2.45) is 0 Å². The number of allylic oxidation sites excluding steroid dienone is 2. The second-order valence-electron chi connectivity index (χ2n) is 2.21. The summed E-state index contributed by atoms with van der Waals surface area (Å²) in [6.07, 6.45) is 0.216. The van der Waals surface area contributed by atoms with E-state index in [0.717, 1.165) is 0 Å².